The maximum Gasteiger partial charge on any atom is 0.0591 e. The van der Waals surface area contributed by atoms with E-state index in [4.69, 9.17) is 10.6 Å². The molecule has 0 aromatic rings. The fourth-order valence-electron chi connectivity index (χ4n) is 2.03. The van der Waals surface area contributed by atoms with Crippen LogP contribution in [0.2, 0.25) is 0 Å². The van der Waals surface area contributed by atoms with Crippen LogP contribution < -0.4 is 11.3 Å². The van der Waals surface area contributed by atoms with Crippen LogP contribution in [0.15, 0.2) is 0 Å². The van der Waals surface area contributed by atoms with Crippen LogP contribution in [0.25, 0.3) is 0 Å². The lowest BCUT2D eigenvalue weighted by Gasteiger charge is -2.28. The van der Waals surface area contributed by atoms with E-state index in [9.17, 15) is 0 Å². The molecule has 0 saturated carbocycles. The Morgan fingerprint density at radius 1 is 1.50 bits per heavy atom. The van der Waals surface area contributed by atoms with Crippen LogP contribution in [-0.2, 0) is 4.74 Å². The molecule has 0 radical (unpaired) electrons. The molecule has 1 aliphatic heterocycles. The van der Waals surface area contributed by atoms with Crippen LogP contribution in [0.5, 0.6) is 0 Å². The summed E-state index contributed by atoms with van der Waals surface area (Å²) in [5.74, 6) is 6.66. The number of hydrogen-bond acceptors (Lipinski definition) is 3. The van der Waals surface area contributed by atoms with E-state index in [1.165, 1.54) is 0 Å². The highest BCUT2D eigenvalue weighted by Crippen LogP contribution is 2.26. The first-order valence-electron chi connectivity index (χ1n) is 4.74. The third-order valence-corrected chi connectivity index (χ3v) is 2.81. The molecule has 1 aliphatic rings. The van der Waals surface area contributed by atoms with Crippen molar-refractivity contribution in [2.45, 2.75) is 39.3 Å². The third-order valence-electron chi connectivity index (χ3n) is 2.81. The van der Waals surface area contributed by atoms with E-state index in [0.29, 0.717) is 24.0 Å². The Morgan fingerprint density at radius 3 is 2.50 bits per heavy atom. The molecule has 0 spiro atoms. The molecule has 0 aliphatic carbocycles. The smallest absolute Gasteiger partial charge is 0.0591 e. The van der Waals surface area contributed by atoms with Gasteiger partial charge in [-0.3, -0.25) is 11.3 Å². The summed E-state index contributed by atoms with van der Waals surface area (Å²) >= 11 is 0. The average Bonchev–Trinajstić information content (AvgIpc) is 2.38. The molecular weight excluding hydrogens is 152 g/mol. The first-order valence-corrected chi connectivity index (χ1v) is 4.74. The Balaban J connectivity index is 2.52. The number of ether oxygens (including phenoxy) is 1. The molecule has 3 nitrogen and oxygen atoms in total. The van der Waals surface area contributed by atoms with Gasteiger partial charge in [0.05, 0.1) is 6.10 Å². The van der Waals surface area contributed by atoms with Gasteiger partial charge >= 0.3 is 0 Å². The van der Waals surface area contributed by atoms with E-state index >= 15 is 0 Å². The van der Waals surface area contributed by atoms with Crippen LogP contribution in [0.1, 0.15) is 27.2 Å². The highest BCUT2D eigenvalue weighted by atomic mass is 16.5. The molecule has 72 valence electrons. The van der Waals surface area contributed by atoms with Crippen LogP contribution in [0.4, 0.5) is 0 Å². The zero-order chi connectivity index (χ0) is 9.14. The molecule has 1 fully saturated rings. The van der Waals surface area contributed by atoms with E-state index in [1.54, 1.807) is 0 Å². The van der Waals surface area contributed by atoms with Gasteiger partial charge in [0, 0.05) is 18.6 Å². The van der Waals surface area contributed by atoms with Crippen LogP contribution >= 0.6 is 0 Å². The predicted octanol–water partition coefficient (Wildman–Crippen LogP) is 0.899. The van der Waals surface area contributed by atoms with Gasteiger partial charge in [-0.2, -0.15) is 0 Å². The fourth-order valence-corrected chi connectivity index (χ4v) is 2.03. The molecule has 0 aromatic heterocycles. The first-order chi connectivity index (χ1) is 5.66. The van der Waals surface area contributed by atoms with E-state index in [0.717, 1.165) is 13.0 Å². The van der Waals surface area contributed by atoms with E-state index < -0.39 is 0 Å². The zero-order valence-electron chi connectivity index (χ0n) is 8.21. The van der Waals surface area contributed by atoms with E-state index in [1.807, 2.05) is 0 Å². The quantitative estimate of drug-likeness (QED) is 0.491. The van der Waals surface area contributed by atoms with Crippen molar-refractivity contribution in [1.82, 2.24) is 5.43 Å². The Hall–Kier alpha value is -0.120. The number of hydrazine groups is 1. The summed E-state index contributed by atoms with van der Waals surface area (Å²) in [6.45, 7) is 7.40. The number of nitrogens with one attached hydrogen (secondary N) is 1. The molecule has 0 amide bonds. The summed E-state index contributed by atoms with van der Waals surface area (Å²) in [4.78, 5) is 0. The fraction of sp³-hybridized carbons (Fsp3) is 1.00. The highest BCUT2D eigenvalue weighted by Gasteiger charge is 2.32. The topological polar surface area (TPSA) is 47.3 Å². The maximum absolute atomic E-state index is 5.51. The second-order valence-electron chi connectivity index (χ2n) is 3.96. The molecule has 1 rings (SSSR count). The monoisotopic (exact) mass is 172 g/mol. The molecule has 3 heteroatoms. The molecule has 3 unspecified atom stereocenters. The van der Waals surface area contributed by atoms with Gasteiger partial charge in [0.25, 0.3) is 0 Å². The Bertz CT molecular complexity index is 138. The lowest BCUT2D eigenvalue weighted by atomic mass is 9.87. The van der Waals surface area contributed by atoms with Crippen molar-refractivity contribution in [3.63, 3.8) is 0 Å². The summed E-state index contributed by atoms with van der Waals surface area (Å²) in [5, 5.41) is 0. The van der Waals surface area contributed by atoms with Crippen molar-refractivity contribution in [2.24, 2.45) is 17.7 Å². The predicted molar refractivity (Wildman–Crippen MR) is 49.5 cm³/mol. The second kappa shape index (κ2) is 4.21. The Kier molecular flexibility index (Phi) is 3.50. The van der Waals surface area contributed by atoms with Gasteiger partial charge in [0.2, 0.25) is 0 Å². The number of nitrogens with two attached hydrogens (primary N) is 1. The highest BCUT2D eigenvalue weighted by molar-refractivity contribution is 4.84. The molecular formula is C9H20N2O. The summed E-state index contributed by atoms with van der Waals surface area (Å²) in [5.41, 5.74) is 2.89. The van der Waals surface area contributed by atoms with E-state index in [2.05, 4.69) is 26.2 Å². The molecule has 0 aromatic carbocycles. The van der Waals surface area contributed by atoms with Crippen molar-refractivity contribution in [3.8, 4) is 0 Å². The minimum absolute atomic E-state index is 0.355. The number of hydrogen-bond donors (Lipinski definition) is 2. The first kappa shape index (κ1) is 9.96. The van der Waals surface area contributed by atoms with Crippen LogP contribution in [-0.4, -0.2) is 18.8 Å². The van der Waals surface area contributed by atoms with Crippen molar-refractivity contribution < 1.29 is 4.74 Å². The van der Waals surface area contributed by atoms with Gasteiger partial charge in [-0.25, -0.2) is 0 Å². The van der Waals surface area contributed by atoms with Gasteiger partial charge in [-0.1, -0.05) is 13.8 Å². The van der Waals surface area contributed by atoms with Crippen molar-refractivity contribution in [1.29, 1.82) is 0 Å². The number of rotatable bonds is 3. The molecule has 3 atom stereocenters. The van der Waals surface area contributed by atoms with Crippen molar-refractivity contribution >= 4 is 0 Å². The van der Waals surface area contributed by atoms with Gasteiger partial charge in [-0.05, 0) is 19.3 Å². The second-order valence-corrected chi connectivity index (χ2v) is 3.96. The largest absolute Gasteiger partial charge is 0.378 e. The summed E-state index contributed by atoms with van der Waals surface area (Å²) in [6, 6.07) is 0.391. The van der Waals surface area contributed by atoms with E-state index in [-0.39, 0.29) is 0 Å². The molecule has 3 N–H and O–H groups in total. The third kappa shape index (κ3) is 1.97. The minimum atomic E-state index is 0.355. The minimum Gasteiger partial charge on any atom is -0.378 e. The van der Waals surface area contributed by atoms with Gasteiger partial charge < -0.3 is 4.74 Å². The molecule has 0 bridgehead atoms. The Morgan fingerprint density at radius 2 is 2.17 bits per heavy atom. The summed E-state index contributed by atoms with van der Waals surface area (Å²) in [7, 11) is 0. The van der Waals surface area contributed by atoms with Crippen molar-refractivity contribution in [3.05, 3.63) is 0 Å². The van der Waals surface area contributed by atoms with Crippen LogP contribution in [0, 0.1) is 11.8 Å². The van der Waals surface area contributed by atoms with Crippen molar-refractivity contribution in [2.75, 3.05) is 6.61 Å². The molecule has 12 heavy (non-hydrogen) atoms. The lowest BCUT2D eigenvalue weighted by Crippen LogP contribution is -2.46. The van der Waals surface area contributed by atoms with Crippen LogP contribution in [0.3, 0.4) is 0 Å². The van der Waals surface area contributed by atoms with Gasteiger partial charge in [-0.15, -0.1) is 0 Å². The lowest BCUT2D eigenvalue weighted by molar-refractivity contribution is 0.0890. The van der Waals surface area contributed by atoms with Gasteiger partial charge in [0.1, 0.15) is 0 Å². The maximum atomic E-state index is 5.51. The summed E-state index contributed by atoms with van der Waals surface area (Å²) in [6.07, 6.45) is 1.49. The zero-order valence-corrected chi connectivity index (χ0v) is 8.21. The average molecular weight is 172 g/mol. The summed E-state index contributed by atoms with van der Waals surface area (Å²) < 4.78 is 5.50. The SMILES string of the molecule is CC(C)C(NN)C1CCOC1C. The van der Waals surface area contributed by atoms with Gasteiger partial charge in [0.15, 0.2) is 0 Å². The molecule has 1 saturated heterocycles. The normalized spacial score (nSPS) is 32.8. The molecule has 1 heterocycles. The Labute approximate surface area is 74.6 Å². The standard InChI is InChI=1S/C9H20N2O/c1-6(2)9(11-10)8-4-5-12-7(8)3/h6-9,11H,4-5,10H2,1-3H3.